The van der Waals surface area contributed by atoms with E-state index in [9.17, 15) is 4.79 Å². The van der Waals surface area contributed by atoms with E-state index in [1.54, 1.807) is 12.1 Å². The molecule has 3 N–H and O–H groups in total. The van der Waals surface area contributed by atoms with Crippen LogP contribution in [0.4, 0.5) is 0 Å². The molecule has 13 heavy (non-hydrogen) atoms. The standard InChI is InChI=1S/C6H11ClN4O2/c1-11-5(9-3-10-11)2-4(8)6(12)13-7/h4,10H,2-3,8H2,1H3. The number of halogens is 1. The summed E-state index contributed by atoms with van der Waals surface area (Å²) in [6, 6.07) is -0.765. The molecule has 0 aromatic rings. The zero-order valence-corrected chi connectivity index (χ0v) is 7.91. The molecule has 1 atom stereocenters. The van der Waals surface area contributed by atoms with Crippen molar-refractivity contribution >= 4 is 23.7 Å². The Morgan fingerprint density at radius 1 is 2.00 bits per heavy atom. The maximum absolute atomic E-state index is 10.8. The number of hydrazine groups is 1. The Labute approximate surface area is 80.8 Å². The van der Waals surface area contributed by atoms with Crippen molar-refractivity contribution in [3.05, 3.63) is 0 Å². The van der Waals surface area contributed by atoms with Crippen molar-refractivity contribution in [1.29, 1.82) is 0 Å². The lowest BCUT2D eigenvalue weighted by Gasteiger charge is -2.15. The van der Waals surface area contributed by atoms with E-state index < -0.39 is 12.0 Å². The van der Waals surface area contributed by atoms with Crippen molar-refractivity contribution in [2.45, 2.75) is 12.5 Å². The van der Waals surface area contributed by atoms with Crippen molar-refractivity contribution in [3.63, 3.8) is 0 Å². The van der Waals surface area contributed by atoms with Gasteiger partial charge in [0.25, 0.3) is 0 Å². The molecule has 6 nitrogen and oxygen atoms in total. The highest BCUT2D eigenvalue weighted by molar-refractivity contribution is 6.14. The average Bonchev–Trinajstić information content (AvgIpc) is 2.50. The van der Waals surface area contributed by atoms with Gasteiger partial charge in [-0.25, -0.2) is 10.2 Å². The highest BCUT2D eigenvalue weighted by Crippen LogP contribution is 2.02. The first-order valence-corrected chi connectivity index (χ1v) is 4.04. The first-order valence-electron chi connectivity index (χ1n) is 3.73. The number of hydrogen-bond donors (Lipinski definition) is 2. The molecule has 1 heterocycles. The molecular formula is C6H11ClN4O2. The van der Waals surface area contributed by atoms with Crippen molar-refractivity contribution in [2.24, 2.45) is 10.7 Å². The highest BCUT2D eigenvalue weighted by Gasteiger charge is 2.21. The molecule has 0 spiro atoms. The van der Waals surface area contributed by atoms with E-state index >= 15 is 0 Å². The minimum Gasteiger partial charge on any atom is -0.346 e. The summed E-state index contributed by atoms with van der Waals surface area (Å²) in [6.07, 6.45) is 0.315. The minimum absolute atomic E-state index is 0.315. The lowest BCUT2D eigenvalue weighted by Crippen LogP contribution is -2.39. The Balaban J connectivity index is 2.44. The zero-order chi connectivity index (χ0) is 9.84. The number of carbonyl (C=O) groups excluding carboxylic acids is 1. The van der Waals surface area contributed by atoms with Gasteiger partial charge in [-0.2, -0.15) is 0 Å². The number of nitrogens with one attached hydrogen (secondary N) is 1. The molecule has 0 fully saturated rings. The molecule has 0 saturated carbocycles. The summed E-state index contributed by atoms with van der Waals surface area (Å²) < 4.78 is 3.97. The smallest absolute Gasteiger partial charge is 0.341 e. The lowest BCUT2D eigenvalue weighted by atomic mass is 10.2. The largest absolute Gasteiger partial charge is 0.346 e. The molecule has 0 aromatic carbocycles. The van der Waals surface area contributed by atoms with Crippen molar-refractivity contribution in [1.82, 2.24) is 10.4 Å². The van der Waals surface area contributed by atoms with Crippen LogP contribution >= 0.6 is 11.9 Å². The number of hydrogen-bond acceptors (Lipinski definition) is 6. The number of rotatable bonds is 3. The maximum atomic E-state index is 10.8. The fourth-order valence-electron chi connectivity index (χ4n) is 0.969. The second-order valence-corrected chi connectivity index (χ2v) is 2.81. The molecule has 0 saturated heterocycles. The van der Waals surface area contributed by atoms with E-state index in [4.69, 9.17) is 17.6 Å². The van der Waals surface area contributed by atoms with Crippen molar-refractivity contribution in [2.75, 3.05) is 13.7 Å². The van der Waals surface area contributed by atoms with E-state index in [0.717, 1.165) is 5.84 Å². The third-order valence-corrected chi connectivity index (χ3v) is 1.89. The predicted molar refractivity (Wildman–Crippen MR) is 47.7 cm³/mol. The normalized spacial score (nSPS) is 18.4. The molecule has 1 rings (SSSR count). The van der Waals surface area contributed by atoms with Crippen LogP contribution < -0.4 is 11.2 Å². The second-order valence-electron chi connectivity index (χ2n) is 2.66. The molecule has 1 unspecified atom stereocenters. The molecule has 0 aliphatic carbocycles. The van der Waals surface area contributed by atoms with E-state index in [-0.39, 0.29) is 0 Å². The van der Waals surface area contributed by atoms with Crippen LogP contribution in [0, 0.1) is 0 Å². The number of nitrogens with zero attached hydrogens (tertiary/aromatic N) is 2. The summed E-state index contributed by atoms with van der Waals surface area (Å²) in [5.74, 6) is 0.0687. The number of aliphatic imine (C=N–C) groups is 1. The summed E-state index contributed by atoms with van der Waals surface area (Å²) in [7, 11) is 1.80. The monoisotopic (exact) mass is 206 g/mol. The van der Waals surface area contributed by atoms with E-state index in [1.807, 2.05) is 0 Å². The predicted octanol–water partition coefficient (Wildman–Crippen LogP) is -0.793. The molecule has 7 heteroatoms. The SMILES string of the molecule is CN1NCN=C1CC(N)C(=O)OCl. The third kappa shape index (κ3) is 2.55. The van der Waals surface area contributed by atoms with Gasteiger partial charge in [0.1, 0.15) is 30.4 Å². The van der Waals surface area contributed by atoms with Crippen LogP contribution in [-0.4, -0.2) is 36.6 Å². The molecule has 0 aromatic heterocycles. The van der Waals surface area contributed by atoms with Gasteiger partial charge < -0.3 is 10.0 Å². The van der Waals surface area contributed by atoms with Gasteiger partial charge >= 0.3 is 5.97 Å². The van der Waals surface area contributed by atoms with Gasteiger partial charge in [0.05, 0.1) is 0 Å². The fraction of sp³-hybridized carbons (Fsp3) is 0.667. The highest BCUT2D eigenvalue weighted by atomic mass is 35.5. The Kier molecular flexibility index (Phi) is 3.47. The summed E-state index contributed by atoms with van der Waals surface area (Å²) in [6.45, 7) is 0.508. The Bertz CT molecular complexity index is 233. The van der Waals surface area contributed by atoms with Gasteiger partial charge in [-0.1, -0.05) is 0 Å². The first kappa shape index (κ1) is 10.2. The Morgan fingerprint density at radius 3 is 3.15 bits per heavy atom. The topological polar surface area (TPSA) is 80.0 Å². The fourth-order valence-corrected chi connectivity index (χ4v) is 1.08. The Hall–Kier alpha value is -0.850. The zero-order valence-electron chi connectivity index (χ0n) is 7.16. The summed E-state index contributed by atoms with van der Waals surface area (Å²) in [4.78, 5) is 14.9. The lowest BCUT2D eigenvalue weighted by molar-refractivity contribution is -0.135. The van der Waals surface area contributed by atoms with Crippen LogP contribution in [0.25, 0.3) is 0 Å². The van der Waals surface area contributed by atoms with E-state index in [1.165, 1.54) is 0 Å². The summed E-state index contributed by atoms with van der Waals surface area (Å²) in [5, 5.41) is 1.71. The van der Waals surface area contributed by atoms with Crippen LogP contribution in [0.5, 0.6) is 0 Å². The van der Waals surface area contributed by atoms with Crippen molar-refractivity contribution < 1.29 is 9.08 Å². The van der Waals surface area contributed by atoms with Crippen molar-refractivity contribution in [3.8, 4) is 0 Å². The van der Waals surface area contributed by atoms with Crippen LogP contribution in [0.15, 0.2) is 4.99 Å². The van der Waals surface area contributed by atoms with Crippen LogP contribution in [-0.2, 0) is 9.08 Å². The maximum Gasteiger partial charge on any atom is 0.341 e. The second kappa shape index (κ2) is 4.40. The van der Waals surface area contributed by atoms with Gasteiger partial charge in [0.2, 0.25) is 0 Å². The third-order valence-electron chi connectivity index (χ3n) is 1.74. The van der Waals surface area contributed by atoms with Crippen LogP contribution in [0.2, 0.25) is 0 Å². The van der Waals surface area contributed by atoms with E-state index in [0.29, 0.717) is 13.1 Å². The minimum atomic E-state index is -0.765. The van der Waals surface area contributed by atoms with Gasteiger partial charge in [0, 0.05) is 13.5 Å². The quantitative estimate of drug-likeness (QED) is 0.633. The number of amidine groups is 1. The number of carbonyl (C=O) groups is 1. The number of nitrogens with two attached hydrogens (primary N) is 1. The Morgan fingerprint density at radius 2 is 2.69 bits per heavy atom. The molecule has 0 bridgehead atoms. The van der Waals surface area contributed by atoms with Gasteiger partial charge in [-0.05, 0) is 0 Å². The van der Waals surface area contributed by atoms with Crippen LogP contribution in [0.1, 0.15) is 6.42 Å². The molecule has 0 amide bonds. The average molecular weight is 207 g/mol. The molecule has 0 radical (unpaired) electrons. The summed E-state index contributed by atoms with van der Waals surface area (Å²) >= 11 is 4.87. The molecular weight excluding hydrogens is 196 g/mol. The van der Waals surface area contributed by atoms with Gasteiger partial charge in [-0.15, -0.1) is 0 Å². The first-order chi connectivity index (χ1) is 6.15. The molecule has 74 valence electrons. The van der Waals surface area contributed by atoms with E-state index in [2.05, 4.69) is 14.7 Å². The van der Waals surface area contributed by atoms with Crippen LogP contribution in [0.3, 0.4) is 0 Å². The summed E-state index contributed by atoms with van der Waals surface area (Å²) in [5.41, 5.74) is 8.40. The molecule has 1 aliphatic rings. The van der Waals surface area contributed by atoms with Gasteiger partial charge in [0.15, 0.2) is 0 Å². The van der Waals surface area contributed by atoms with Gasteiger partial charge in [-0.3, -0.25) is 10.0 Å². The molecule has 1 aliphatic heterocycles.